The Labute approximate surface area is 138 Å². The van der Waals surface area contributed by atoms with Crippen LogP contribution in [0.25, 0.3) is 0 Å². The summed E-state index contributed by atoms with van der Waals surface area (Å²) in [4.78, 5) is 1.20. The van der Waals surface area contributed by atoms with Crippen molar-refractivity contribution in [1.82, 2.24) is 0 Å². The minimum absolute atomic E-state index is 0.267. The maximum Gasteiger partial charge on any atom is 0.261 e. The molecule has 1 N–H and O–H groups in total. The summed E-state index contributed by atoms with van der Waals surface area (Å²) in [6, 6.07) is 14.3. The number of hydrogen-bond donors (Lipinski definition) is 1. The predicted molar refractivity (Wildman–Crippen MR) is 92.7 cm³/mol. The summed E-state index contributed by atoms with van der Waals surface area (Å²) < 4.78 is 27.5. The van der Waals surface area contributed by atoms with Crippen LogP contribution < -0.4 is 4.72 Å². The average Bonchev–Trinajstić information content (AvgIpc) is 2.49. The van der Waals surface area contributed by atoms with Crippen LogP contribution in [0.2, 0.25) is 0 Å². The molecule has 0 saturated carbocycles. The average molecular weight is 386 g/mol. The number of rotatable bonds is 6. The molecule has 0 heterocycles. The van der Waals surface area contributed by atoms with Crippen molar-refractivity contribution in [3.05, 3.63) is 54.1 Å². The van der Waals surface area contributed by atoms with Gasteiger partial charge in [-0.25, -0.2) is 8.42 Å². The van der Waals surface area contributed by atoms with Gasteiger partial charge in [0.25, 0.3) is 10.0 Å². The molecule has 0 amide bonds. The zero-order chi connectivity index (χ0) is 15.3. The topological polar surface area (TPSA) is 46.2 Å². The Kier molecular flexibility index (Phi) is 5.72. The second-order valence-electron chi connectivity index (χ2n) is 4.31. The van der Waals surface area contributed by atoms with Crippen LogP contribution in [-0.2, 0) is 15.4 Å². The highest BCUT2D eigenvalue weighted by Crippen LogP contribution is 2.28. The van der Waals surface area contributed by atoms with Gasteiger partial charge in [-0.1, -0.05) is 47.1 Å². The minimum atomic E-state index is -3.56. The molecule has 0 bridgehead atoms. The van der Waals surface area contributed by atoms with Gasteiger partial charge in [-0.3, -0.25) is 4.72 Å². The Morgan fingerprint density at radius 1 is 1.10 bits per heavy atom. The first-order valence-corrected chi connectivity index (χ1v) is 10.1. The number of hydrogen-bond acceptors (Lipinski definition) is 3. The number of thioether (sulfide) groups is 1. The smallest absolute Gasteiger partial charge is 0.261 e. The van der Waals surface area contributed by atoms with Gasteiger partial charge in [0.2, 0.25) is 0 Å². The molecule has 3 nitrogen and oxygen atoms in total. The van der Waals surface area contributed by atoms with E-state index in [4.69, 9.17) is 0 Å². The van der Waals surface area contributed by atoms with Crippen molar-refractivity contribution in [2.75, 3.05) is 10.5 Å². The lowest BCUT2D eigenvalue weighted by atomic mass is 10.2. The van der Waals surface area contributed by atoms with E-state index in [1.54, 1.807) is 42.1 Å². The Balaban J connectivity index is 2.28. The van der Waals surface area contributed by atoms with Gasteiger partial charge in [-0.05, 0) is 35.6 Å². The fourth-order valence-electron chi connectivity index (χ4n) is 1.79. The first kappa shape index (κ1) is 16.4. The first-order valence-electron chi connectivity index (χ1n) is 6.46. The Morgan fingerprint density at radius 2 is 1.76 bits per heavy atom. The van der Waals surface area contributed by atoms with Crippen LogP contribution in [0.3, 0.4) is 0 Å². The summed E-state index contributed by atoms with van der Waals surface area (Å²) in [5.74, 6) is 0.888. The summed E-state index contributed by atoms with van der Waals surface area (Å²) in [6.45, 7) is 2.04. The van der Waals surface area contributed by atoms with Crippen LogP contribution in [0.4, 0.5) is 5.69 Å². The highest BCUT2D eigenvalue weighted by atomic mass is 79.9. The Morgan fingerprint density at radius 3 is 2.38 bits per heavy atom. The summed E-state index contributed by atoms with van der Waals surface area (Å²) >= 11 is 4.96. The van der Waals surface area contributed by atoms with E-state index >= 15 is 0 Å². The number of alkyl halides is 1. The third kappa shape index (κ3) is 4.25. The van der Waals surface area contributed by atoms with Crippen molar-refractivity contribution in [3.8, 4) is 0 Å². The van der Waals surface area contributed by atoms with E-state index in [-0.39, 0.29) is 4.90 Å². The molecule has 0 aromatic heterocycles. The molecule has 2 aromatic rings. The molecule has 0 spiro atoms. The lowest BCUT2D eigenvalue weighted by Gasteiger charge is -2.12. The van der Waals surface area contributed by atoms with Gasteiger partial charge < -0.3 is 0 Å². The van der Waals surface area contributed by atoms with Gasteiger partial charge in [-0.15, -0.1) is 11.8 Å². The lowest BCUT2D eigenvalue weighted by Crippen LogP contribution is -2.13. The van der Waals surface area contributed by atoms with E-state index in [0.717, 1.165) is 16.2 Å². The molecule has 0 aliphatic carbocycles. The van der Waals surface area contributed by atoms with Gasteiger partial charge in [0.05, 0.1) is 10.6 Å². The number of para-hydroxylation sites is 1. The first-order chi connectivity index (χ1) is 10.1. The summed E-state index contributed by atoms with van der Waals surface area (Å²) in [7, 11) is -3.56. The molecule has 21 heavy (non-hydrogen) atoms. The highest BCUT2D eigenvalue weighted by molar-refractivity contribution is 9.08. The van der Waals surface area contributed by atoms with Gasteiger partial charge >= 0.3 is 0 Å². The molecule has 0 aliphatic rings. The number of halogens is 1. The van der Waals surface area contributed by atoms with Crippen LogP contribution >= 0.6 is 27.7 Å². The number of sulfonamides is 1. The summed E-state index contributed by atoms with van der Waals surface area (Å²) in [6.07, 6.45) is 0. The molecule has 6 heteroatoms. The van der Waals surface area contributed by atoms with Crippen LogP contribution in [0.1, 0.15) is 12.5 Å². The minimum Gasteiger partial charge on any atom is -0.278 e. The molecule has 0 unspecified atom stereocenters. The van der Waals surface area contributed by atoms with Crippen molar-refractivity contribution >= 4 is 43.4 Å². The Bertz CT molecular complexity index is 700. The third-order valence-corrected chi connectivity index (χ3v) is 5.80. The second kappa shape index (κ2) is 7.33. The molecule has 2 aromatic carbocycles. The normalized spacial score (nSPS) is 11.3. The Hall–Kier alpha value is -0.980. The van der Waals surface area contributed by atoms with Crippen molar-refractivity contribution in [2.45, 2.75) is 22.0 Å². The van der Waals surface area contributed by atoms with Gasteiger partial charge in [0, 0.05) is 10.2 Å². The fourth-order valence-corrected chi connectivity index (χ4v) is 4.07. The van der Waals surface area contributed by atoms with E-state index in [9.17, 15) is 8.42 Å². The van der Waals surface area contributed by atoms with Gasteiger partial charge in [0.1, 0.15) is 0 Å². The zero-order valence-corrected chi connectivity index (χ0v) is 14.8. The lowest BCUT2D eigenvalue weighted by molar-refractivity contribution is 0.601. The molecule has 0 atom stereocenters. The van der Waals surface area contributed by atoms with Crippen molar-refractivity contribution in [2.24, 2.45) is 0 Å². The highest BCUT2D eigenvalue weighted by Gasteiger charge is 2.15. The van der Waals surface area contributed by atoms with Crippen molar-refractivity contribution < 1.29 is 8.42 Å². The molecular formula is C15H16BrNO2S2. The summed E-state index contributed by atoms with van der Waals surface area (Å²) in [5.41, 5.74) is 1.66. The largest absolute Gasteiger partial charge is 0.278 e. The molecule has 0 radical (unpaired) electrons. The SMILES string of the molecule is CCSc1ccccc1NS(=O)(=O)c1ccc(CBr)cc1. The predicted octanol–water partition coefficient (Wildman–Crippen LogP) is 4.49. The monoisotopic (exact) mass is 385 g/mol. The quantitative estimate of drug-likeness (QED) is 0.588. The van der Waals surface area contributed by atoms with Gasteiger partial charge in [0.15, 0.2) is 0 Å². The number of benzene rings is 2. The van der Waals surface area contributed by atoms with E-state index < -0.39 is 10.0 Å². The number of anilines is 1. The van der Waals surface area contributed by atoms with Crippen LogP contribution in [0.5, 0.6) is 0 Å². The van der Waals surface area contributed by atoms with Crippen LogP contribution in [0, 0.1) is 0 Å². The molecule has 0 saturated heterocycles. The second-order valence-corrected chi connectivity index (χ2v) is 7.86. The maximum atomic E-state index is 12.4. The zero-order valence-electron chi connectivity index (χ0n) is 11.5. The molecular weight excluding hydrogens is 370 g/mol. The van der Waals surface area contributed by atoms with E-state index in [0.29, 0.717) is 11.0 Å². The van der Waals surface area contributed by atoms with E-state index in [1.807, 2.05) is 25.1 Å². The fraction of sp³-hybridized carbons (Fsp3) is 0.200. The van der Waals surface area contributed by atoms with Crippen LogP contribution in [0.15, 0.2) is 58.3 Å². The standard InChI is InChI=1S/C15H16BrNO2S2/c1-2-20-15-6-4-3-5-14(15)17-21(18,19)13-9-7-12(11-16)8-10-13/h3-10,17H,2,11H2,1H3. The van der Waals surface area contributed by atoms with E-state index in [1.165, 1.54) is 0 Å². The maximum absolute atomic E-state index is 12.4. The van der Waals surface area contributed by atoms with Gasteiger partial charge in [-0.2, -0.15) is 0 Å². The van der Waals surface area contributed by atoms with Crippen LogP contribution in [-0.4, -0.2) is 14.2 Å². The van der Waals surface area contributed by atoms with Crippen molar-refractivity contribution in [3.63, 3.8) is 0 Å². The molecule has 112 valence electrons. The molecule has 2 rings (SSSR count). The molecule has 0 aliphatic heterocycles. The summed E-state index contributed by atoms with van der Waals surface area (Å²) in [5, 5.41) is 0.705. The third-order valence-electron chi connectivity index (χ3n) is 2.82. The van der Waals surface area contributed by atoms with Crippen molar-refractivity contribution in [1.29, 1.82) is 0 Å². The van der Waals surface area contributed by atoms with E-state index in [2.05, 4.69) is 20.7 Å². The number of nitrogens with one attached hydrogen (secondary N) is 1. The molecule has 0 fully saturated rings.